The van der Waals surface area contributed by atoms with E-state index in [9.17, 15) is 0 Å². The molecular weight excluding hydrogens is 69.7 g/mol. The molecule has 0 amide bonds. The molecule has 0 aromatic rings. The Bertz CT molecular complexity index is 47.5. The fourth-order valence-corrected chi connectivity index (χ4v) is 0.222. The summed E-state index contributed by atoms with van der Waals surface area (Å²) in [6, 6.07) is 0. The van der Waals surface area contributed by atoms with Crippen LogP contribution in [0.15, 0.2) is 0 Å². The molecule has 0 aliphatic carbocycles. The Morgan fingerprint density at radius 2 is 2.17 bits per heavy atom. The minimum atomic E-state index is 0.593. The second-order valence-electron chi connectivity index (χ2n) is 1.63. The van der Waals surface area contributed by atoms with Gasteiger partial charge in [0, 0.05) is 0 Å². The van der Waals surface area contributed by atoms with Crippen molar-refractivity contribution < 1.29 is 0 Å². The van der Waals surface area contributed by atoms with Gasteiger partial charge in [-0.3, -0.25) is 0 Å². The Hall–Kier alpha value is -0.000130. The van der Waals surface area contributed by atoms with E-state index >= 15 is 0 Å². The van der Waals surface area contributed by atoms with Crippen molar-refractivity contribution >= 4 is 20.6 Å². The Balaban J connectivity index is 3.03. The van der Waals surface area contributed by atoms with Crippen molar-refractivity contribution in [1.82, 2.24) is 0 Å². The molecule has 0 atom stereocenters. The molecule has 0 saturated carbocycles. The molecule has 0 aliphatic heterocycles. The van der Waals surface area contributed by atoms with Crippen molar-refractivity contribution in [3.8, 4) is 0 Å². The second-order valence-corrected chi connectivity index (χ2v) is 1.63. The first kappa shape index (κ1) is 6.00. The van der Waals surface area contributed by atoms with Gasteiger partial charge in [0.1, 0.15) is 0 Å². The SMILES string of the molecule is [B]C=BC(C)C. The molecule has 30 valence electrons. The molecule has 0 unspecified atom stereocenters. The summed E-state index contributed by atoms with van der Waals surface area (Å²) in [6.07, 6.45) is 0. The molecule has 0 heterocycles. The first-order valence-electron chi connectivity index (χ1n) is 2.15. The van der Waals surface area contributed by atoms with Crippen LogP contribution in [0.3, 0.4) is 0 Å². The van der Waals surface area contributed by atoms with Gasteiger partial charge in [0.25, 0.3) is 0 Å². The summed E-state index contributed by atoms with van der Waals surface area (Å²) in [4.78, 5) is 0. The van der Waals surface area contributed by atoms with E-state index in [1.165, 1.54) is 0 Å². The average molecular weight is 77.7 g/mol. The van der Waals surface area contributed by atoms with Gasteiger partial charge in [0.15, 0.2) is 0 Å². The quantitative estimate of drug-likeness (QED) is 0.399. The van der Waals surface area contributed by atoms with Crippen LogP contribution in [0.2, 0.25) is 5.82 Å². The van der Waals surface area contributed by atoms with E-state index < -0.39 is 0 Å². The third kappa shape index (κ3) is 4.00. The molecule has 0 aliphatic rings. The van der Waals surface area contributed by atoms with Crippen LogP contribution in [-0.2, 0) is 0 Å². The third-order valence-electron chi connectivity index (χ3n) is 0.496. The summed E-state index contributed by atoms with van der Waals surface area (Å²) >= 11 is 0. The van der Waals surface area contributed by atoms with E-state index in [4.69, 9.17) is 7.85 Å². The van der Waals surface area contributed by atoms with Gasteiger partial charge < -0.3 is 0 Å². The zero-order valence-electron chi connectivity index (χ0n) is 4.31. The molecule has 0 aromatic carbocycles. The summed E-state index contributed by atoms with van der Waals surface area (Å²) in [5, 5.41) is 0. The van der Waals surface area contributed by atoms with Gasteiger partial charge in [0.2, 0.25) is 0 Å². The molecule has 0 aromatic heterocycles. The van der Waals surface area contributed by atoms with Gasteiger partial charge in [0.05, 0.1) is 0 Å². The van der Waals surface area contributed by atoms with Crippen LogP contribution in [0.1, 0.15) is 13.8 Å². The average Bonchev–Trinajstić information content (AvgIpc) is 1.35. The first-order chi connectivity index (χ1) is 2.77. The van der Waals surface area contributed by atoms with Crippen molar-refractivity contribution in [2.24, 2.45) is 0 Å². The molecule has 0 rings (SSSR count). The van der Waals surface area contributed by atoms with Gasteiger partial charge in [-0.2, -0.15) is 0 Å². The van der Waals surface area contributed by atoms with Gasteiger partial charge >= 0.3 is 40.3 Å². The van der Waals surface area contributed by atoms with Crippen LogP contribution < -0.4 is 0 Å². The van der Waals surface area contributed by atoms with E-state index in [0.29, 0.717) is 5.82 Å². The van der Waals surface area contributed by atoms with Crippen molar-refractivity contribution in [1.29, 1.82) is 0 Å². The molecule has 6 heavy (non-hydrogen) atoms. The van der Waals surface area contributed by atoms with Crippen LogP contribution in [0.25, 0.3) is 0 Å². The zero-order valence-corrected chi connectivity index (χ0v) is 4.31. The van der Waals surface area contributed by atoms with Crippen molar-refractivity contribution in [3.63, 3.8) is 0 Å². The molecule has 2 radical (unpaired) electrons. The number of rotatable bonds is 1. The van der Waals surface area contributed by atoms with E-state index in [2.05, 4.69) is 13.8 Å². The third-order valence-corrected chi connectivity index (χ3v) is 0.496. The van der Waals surface area contributed by atoms with E-state index in [1.807, 2.05) is 6.92 Å². The predicted molar refractivity (Wildman–Crippen MR) is 32.7 cm³/mol. The molecular formula is C4H8B2. The van der Waals surface area contributed by atoms with Crippen molar-refractivity contribution in [3.05, 3.63) is 0 Å². The van der Waals surface area contributed by atoms with Gasteiger partial charge in [-0.25, -0.2) is 0 Å². The molecule has 0 spiro atoms. The summed E-state index contributed by atoms with van der Waals surface area (Å²) < 4.78 is 0. The van der Waals surface area contributed by atoms with Crippen LogP contribution in [0, 0.1) is 0 Å². The van der Waals surface area contributed by atoms with E-state index in [-0.39, 0.29) is 0 Å². The molecule has 0 nitrogen and oxygen atoms in total. The summed E-state index contributed by atoms with van der Waals surface area (Å²) in [5.41, 5.74) is 0. The number of hydrogen-bond donors (Lipinski definition) is 0. The fraction of sp³-hybridized carbons (Fsp3) is 0.750. The summed E-state index contributed by atoms with van der Waals surface area (Å²) in [6.45, 7) is 6.12. The monoisotopic (exact) mass is 78.1 g/mol. The molecule has 0 N–H and O–H groups in total. The maximum atomic E-state index is 5.05. The van der Waals surface area contributed by atoms with Crippen LogP contribution >= 0.6 is 0 Å². The van der Waals surface area contributed by atoms with Crippen molar-refractivity contribution in [2.45, 2.75) is 19.7 Å². The van der Waals surface area contributed by atoms with Gasteiger partial charge in [-0.05, 0) is 0 Å². The van der Waals surface area contributed by atoms with Crippen LogP contribution in [0.5, 0.6) is 0 Å². The molecule has 0 fully saturated rings. The number of hydrogen-bond acceptors (Lipinski definition) is 0. The minimum absolute atomic E-state index is 0.593. The van der Waals surface area contributed by atoms with Crippen molar-refractivity contribution in [2.75, 3.05) is 0 Å². The first-order valence-corrected chi connectivity index (χ1v) is 2.15. The summed E-state index contributed by atoms with van der Waals surface area (Å²) in [5.74, 6) is 2.17. The Morgan fingerprint density at radius 3 is 2.17 bits per heavy atom. The zero-order chi connectivity index (χ0) is 4.99. The maximum absolute atomic E-state index is 5.05. The standard InChI is InChI=1S/C4H8B2/c1-4(2)6-3-5/h3-4H,1-2H3. The molecule has 0 saturated heterocycles. The van der Waals surface area contributed by atoms with Gasteiger partial charge in [-0.1, -0.05) is 0 Å². The van der Waals surface area contributed by atoms with Gasteiger partial charge in [-0.15, -0.1) is 0 Å². The Labute approximate surface area is 41.3 Å². The Morgan fingerprint density at radius 1 is 1.67 bits per heavy atom. The normalized spacial score (nSPS) is 9.83. The fourth-order valence-electron chi connectivity index (χ4n) is 0.222. The predicted octanol–water partition coefficient (Wildman–Crippen LogP) is 0.447. The molecule has 0 bridgehead atoms. The second kappa shape index (κ2) is 3.20. The van der Waals surface area contributed by atoms with Crippen LogP contribution in [0.4, 0.5) is 0 Å². The van der Waals surface area contributed by atoms with E-state index in [0.717, 1.165) is 0 Å². The molecule has 2 heteroatoms. The Kier molecular flexibility index (Phi) is 3.20. The topological polar surface area (TPSA) is 0 Å². The van der Waals surface area contributed by atoms with Crippen LogP contribution in [-0.4, -0.2) is 20.6 Å². The van der Waals surface area contributed by atoms with E-state index in [1.54, 1.807) is 5.87 Å². The summed E-state index contributed by atoms with van der Waals surface area (Å²) in [7, 11) is 5.05.